The number of likely N-dealkylation sites (tertiary alicyclic amines) is 1. The SMILES string of the molecule is CCC(NC(=O)C1CCN(C(=O)c2ccncc2)CC1)c1cccc(C)n1. The second kappa shape index (κ2) is 8.75. The van der Waals surface area contributed by atoms with E-state index in [1.165, 1.54) is 0 Å². The molecule has 0 aliphatic carbocycles. The van der Waals surface area contributed by atoms with Gasteiger partial charge in [-0.15, -0.1) is 0 Å². The van der Waals surface area contributed by atoms with E-state index in [0.717, 1.165) is 17.8 Å². The zero-order valence-electron chi connectivity index (χ0n) is 15.9. The summed E-state index contributed by atoms with van der Waals surface area (Å²) in [5, 5.41) is 3.14. The lowest BCUT2D eigenvalue weighted by atomic mass is 9.94. The molecule has 6 nitrogen and oxygen atoms in total. The van der Waals surface area contributed by atoms with Gasteiger partial charge in [-0.3, -0.25) is 19.6 Å². The Hall–Kier alpha value is -2.76. The number of pyridine rings is 2. The molecular formula is C21H26N4O2. The number of carbonyl (C=O) groups excluding carboxylic acids is 2. The van der Waals surface area contributed by atoms with E-state index in [1.807, 2.05) is 36.9 Å². The number of piperidine rings is 1. The molecule has 0 bridgehead atoms. The predicted molar refractivity (Wildman–Crippen MR) is 103 cm³/mol. The number of rotatable bonds is 5. The molecule has 3 heterocycles. The Morgan fingerprint density at radius 3 is 2.52 bits per heavy atom. The van der Waals surface area contributed by atoms with Crippen LogP contribution in [0.15, 0.2) is 42.7 Å². The van der Waals surface area contributed by atoms with Crippen LogP contribution in [0.5, 0.6) is 0 Å². The van der Waals surface area contributed by atoms with E-state index in [2.05, 4.69) is 15.3 Å². The van der Waals surface area contributed by atoms with Crippen molar-refractivity contribution in [2.24, 2.45) is 5.92 Å². The molecule has 27 heavy (non-hydrogen) atoms. The molecule has 1 N–H and O–H groups in total. The van der Waals surface area contributed by atoms with Crippen LogP contribution in [0.1, 0.15) is 54.0 Å². The molecule has 6 heteroatoms. The lowest BCUT2D eigenvalue weighted by Gasteiger charge is -2.32. The van der Waals surface area contributed by atoms with Gasteiger partial charge < -0.3 is 10.2 Å². The number of aromatic nitrogens is 2. The zero-order chi connectivity index (χ0) is 19.2. The fourth-order valence-electron chi connectivity index (χ4n) is 3.45. The van der Waals surface area contributed by atoms with Gasteiger partial charge in [0.25, 0.3) is 5.91 Å². The van der Waals surface area contributed by atoms with Gasteiger partial charge in [0, 0.05) is 42.7 Å². The quantitative estimate of drug-likeness (QED) is 0.883. The molecule has 0 saturated carbocycles. The highest BCUT2D eigenvalue weighted by atomic mass is 16.2. The van der Waals surface area contributed by atoms with Crippen LogP contribution in [-0.2, 0) is 4.79 Å². The van der Waals surface area contributed by atoms with Crippen LogP contribution in [0.2, 0.25) is 0 Å². The molecule has 0 aromatic carbocycles. The standard InChI is InChI=1S/C21H26N4O2/c1-3-18(19-6-4-5-15(2)23-19)24-20(26)16-9-13-25(14-10-16)21(27)17-7-11-22-12-8-17/h4-8,11-12,16,18H,3,9-10,13-14H2,1-2H3,(H,24,26). The molecule has 2 aromatic heterocycles. The number of amides is 2. The minimum Gasteiger partial charge on any atom is -0.347 e. The molecule has 1 unspecified atom stereocenters. The monoisotopic (exact) mass is 366 g/mol. The average molecular weight is 366 g/mol. The Balaban J connectivity index is 1.56. The average Bonchev–Trinajstić information content (AvgIpc) is 2.72. The van der Waals surface area contributed by atoms with Crippen molar-refractivity contribution in [1.82, 2.24) is 20.2 Å². The fourth-order valence-corrected chi connectivity index (χ4v) is 3.45. The van der Waals surface area contributed by atoms with E-state index in [1.54, 1.807) is 24.5 Å². The predicted octanol–water partition coefficient (Wildman–Crippen LogP) is 2.90. The normalized spacial score (nSPS) is 16.0. The maximum absolute atomic E-state index is 12.7. The first-order chi connectivity index (χ1) is 13.1. The van der Waals surface area contributed by atoms with Crippen molar-refractivity contribution in [3.05, 3.63) is 59.7 Å². The number of hydrogen-bond donors (Lipinski definition) is 1. The zero-order valence-corrected chi connectivity index (χ0v) is 15.9. The molecule has 2 amide bonds. The number of aryl methyl sites for hydroxylation is 1. The summed E-state index contributed by atoms with van der Waals surface area (Å²) in [5.41, 5.74) is 2.49. The van der Waals surface area contributed by atoms with E-state index >= 15 is 0 Å². The first-order valence-electron chi connectivity index (χ1n) is 9.51. The molecule has 1 atom stereocenters. The topological polar surface area (TPSA) is 75.2 Å². The Labute approximate surface area is 160 Å². The van der Waals surface area contributed by atoms with E-state index < -0.39 is 0 Å². The molecule has 3 rings (SSSR count). The number of nitrogens with one attached hydrogen (secondary N) is 1. The van der Waals surface area contributed by atoms with Crippen molar-refractivity contribution < 1.29 is 9.59 Å². The summed E-state index contributed by atoms with van der Waals surface area (Å²) in [6.45, 7) is 5.19. The molecule has 1 aliphatic rings. The van der Waals surface area contributed by atoms with Crippen LogP contribution in [0.3, 0.4) is 0 Å². The van der Waals surface area contributed by atoms with Gasteiger partial charge in [-0.05, 0) is 50.5 Å². The summed E-state index contributed by atoms with van der Waals surface area (Å²) in [7, 11) is 0. The molecule has 2 aromatic rings. The van der Waals surface area contributed by atoms with Crippen molar-refractivity contribution in [1.29, 1.82) is 0 Å². The van der Waals surface area contributed by atoms with Crippen molar-refractivity contribution in [3.8, 4) is 0 Å². The second-order valence-corrected chi connectivity index (χ2v) is 6.98. The largest absolute Gasteiger partial charge is 0.347 e. The summed E-state index contributed by atoms with van der Waals surface area (Å²) in [6.07, 6.45) is 5.40. The lowest BCUT2D eigenvalue weighted by molar-refractivity contribution is -0.127. The summed E-state index contributed by atoms with van der Waals surface area (Å²) in [5.74, 6) is -0.00170. The van der Waals surface area contributed by atoms with Gasteiger partial charge in [-0.1, -0.05) is 13.0 Å². The number of carbonyl (C=O) groups is 2. The van der Waals surface area contributed by atoms with Crippen LogP contribution in [0.4, 0.5) is 0 Å². The van der Waals surface area contributed by atoms with Crippen molar-refractivity contribution in [2.45, 2.75) is 39.2 Å². The van der Waals surface area contributed by atoms with Crippen molar-refractivity contribution in [2.75, 3.05) is 13.1 Å². The van der Waals surface area contributed by atoms with Gasteiger partial charge in [-0.2, -0.15) is 0 Å². The maximum atomic E-state index is 12.7. The van der Waals surface area contributed by atoms with Crippen LogP contribution in [0.25, 0.3) is 0 Å². The fraction of sp³-hybridized carbons (Fsp3) is 0.429. The first kappa shape index (κ1) is 19.0. The maximum Gasteiger partial charge on any atom is 0.253 e. The Bertz CT molecular complexity index is 786. The Kier molecular flexibility index (Phi) is 6.16. The van der Waals surface area contributed by atoms with Crippen LogP contribution >= 0.6 is 0 Å². The van der Waals surface area contributed by atoms with Gasteiger partial charge in [0.15, 0.2) is 0 Å². The minimum absolute atomic E-state index is 0.00616. The third kappa shape index (κ3) is 4.70. The summed E-state index contributed by atoms with van der Waals surface area (Å²) in [6, 6.07) is 9.25. The van der Waals surface area contributed by atoms with Crippen LogP contribution in [-0.4, -0.2) is 39.8 Å². The highest BCUT2D eigenvalue weighted by Gasteiger charge is 2.29. The van der Waals surface area contributed by atoms with Gasteiger partial charge in [0.1, 0.15) is 0 Å². The summed E-state index contributed by atoms with van der Waals surface area (Å²) >= 11 is 0. The van der Waals surface area contributed by atoms with E-state index in [9.17, 15) is 9.59 Å². The van der Waals surface area contributed by atoms with E-state index in [-0.39, 0.29) is 23.8 Å². The van der Waals surface area contributed by atoms with Gasteiger partial charge >= 0.3 is 0 Å². The highest BCUT2D eigenvalue weighted by molar-refractivity contribution is 5.94. The third-order valence-electron chi connectivity index (χ3n) is 5.07. The van der Waals surface area contributed by atoms with Gasteiger partial charge in [0.05, 0.1) is 11.7 Å². The second-order valence-electron chi connectivity index (χ2n) is 6.98. The van der Waals surface area contributed by atoms with E-state index in [0.29, 0.717) is 31.5 Å². The molecule has 1 aliphatic heterocycles. The van der Waals surface area contributed by atoms with Crippen molar-refractivity contribution >= 4 is 11.8 Å². The molecule has 0 spiro atoms. The first-order valence-corrected chi connectivity index (χ1v) is 9.51. The van der Waals surface area contributed by atoms with Gasteiger partial charge in [0.2, 0.25) is 5.91 Å². The van der Waals surface area contributed by atoms with Crippen LogP contribution in [0, 0.1) is 12.8 Å². The van der Waals surface area contributed by atoms with E-state index in [4.69, 9.17) is 0 Å². The third-order valence-corrected chi connectivity index (χ3v) is 5.07. The van der Waals surface area contributed by atoms with Crippen LogP contribution < -0.4 is 5.32 Å². The molecule has 1 fully saturated rings. The smallest absolute Gasteiger partial charge is 0.253 e. The number of hydrogen-bond acceptors (Lipinski definition) is 4. The van der Waals surface area contributed by atoms with Crippen molar-refractivity contribution in [3.63, 3.8) is 0 Å². The highest BCUT2D eigenvalue weighted by Crippen LogP contribution is 2.22. The minimum atomic E-state index is -0.0751. The van der Waals surface area contributed by atoms with Gasteiger partial charge in [-0.25, -0.2) is 0 Å². The molecule has 142 valence electrons. The molecule has 1 saturated heterocycles. The molecule has 0 radical (unpaired) electrons. The summed E-state index contributed by atoms with van der Waals surface area (Å²) < 4.78 is 0. The number of nitrogens with zero attached hydrogens (tertiary/aromatic N) is 3. The Morgan fingerprint density at radius 2 is 1.89 bits per heavy atom. The lowest BCUT2D eigenvalue weighted by Crippen LogP contribution is -2.43. The Morgan fingerprint density at radius 1 is 1.19 bits per heavy atom. The summed E-state index contributed by atoms with van der Waals surface area (Å²) in [4.78, 5) is 35.5. The molecular weight excluding hydrogens is 340 g/mol.